The van der Waals surface area contributed by atoms with Gasteiger partial charge in [0.2, 0.25) is 0 Å². The van der Waals surface area contributed by atoms with Crippen molar-refractivity contribution in [2.45, 2.75) is 19.3 Å². The van der Waals surface area contributed by atoms with Crippen LogP contribution in [0.5, 0.6) is 0 Å². The predicted molar refractivity (Wildman–Crippen MR) is 41.6 cm³/mol. The summed E-state index contributed by atoms with van der Waals surface area (Å²) < 4.78 is 0. The van der Waals surface area contributed by atoms with Gasteiger partial charge in [0.1, 0.15) is 0 Å². The molecule has 0 amide bonds. The number of nitriles is 1. The zero-order valence-electron chi connectivity index (χ0n) is 6.25. The smallest absolute Gasteiger partial charge is 0.0920 e. The Bertz CT molecular complexity index is 235. The summed E-state index contributed by atoms with van der Waals surface area (Å²) in [5.74, 6) is 0. The first-order valence-corrected chi connectivity index (χ1v) is 3.62. The Morgan fingerprint density at radius 3 is 3.18 bits per heavy atom. The van der Waals surface area contributed by atoms with E-state index in [-0.39, 0.29) is 0 Å². The van der Waals surface area contributed by atoms with Gasteiger partial charge < -0.3 is 0 Å². The molecule has 0 bridgehead atoms. The van der Waals surface area contributed by atoms with E-state index in [4.69, 9.17) is 5.26 Å². The van der Waals surface area contributed by atoms with Crippen LogP contribution in [-0.4, -0.2) is 4.98 Å². The molecule has 1 aromatic heterocycles. The van der Waals surface area contributed by atoms with Gasteiger partial charge in [-0.3, -0.25) is 4.98 Å². The topological polar surface area (TPSA) is 36.7 Å². The normalized spacial score (nSPS) is 9.00. The highest BCUT2D eigenvalue weighted by Gasteiger charge is 1.90. The minimum Gasteiger partial charge on any atom is -0.254 e. The lowest BCUT2D eigenvalue weighted by Crippen LogP contribution is -1.85. The molecule has 2 nitrogen and oxygen atoms in total. The molecular weight excluding hydrogens is 136 g/mol. The minimum atomic E-state index is 0.614. The lowest BCUT2D eigenvalue weighted by Gasteiger charge is -1.94. The van der Waals surface area contributed by atoms with Crippen LogP contribution < -0.4 is 0 Å². The summed E-state index contributed by atoms with van der Waals surface area (Å²) in [6, 6.07) is 5.97. The maximum atomic E-state index is 8.27. The first-order valence-electron chi connectivity index (χ1n) is 3.62. The number of unbranched alkanes of at least 4 members (excludes halogenated alkanes) is 1. The Morgan fingerprint density at radius 1 is 1.64 bits per heavy atom. The van der Waals surface area contributed by atoms with E-state index in [2.05, 4.69) is 17.3 Å². The molecule has 2 heteroatoms. The summed E-state index contributed by atoms with van der Waals surface area (Å²) in [5, 5.41) is 8.27. The van der Waals surface area contributed by atoms with Gasteiger partial charge in [-0.05, 0) is 24.5 Å². The van der Waals surface area contributed by atoms with Crippen LogP contribution >= 0.6 is 0 Å². The second-order valence-electron chi connectivity index (χ2n) is 2.29. The molecule has 0 aliphatic heterocycles. The fourth-order valence-corrected chi connectivity index (χ4v) is 0.857. The molecule has 0 aromatic carbocycles. The highest BCUT2D eigenvalue weighted by molar-refractivity contribution is 5.06. The van der Waals surface area contributed by atoms with Crippen molar-refractivity contribution in [3.63, 3.8) is 0 Å². The molecule has 1 rings (SSSR count). The van der Waals surface area contributed by atoms with Crippen LogP contribution in [0.2, 0.25) is 0 Å². The number of aryl methyl sites for hydroxylation is 1. The second-order valence-corrected chi connectivity index (χ2v) is 2.29. The largest absolute Gasteiger partial charge is 0.254 e. The van der Waals surface area contributed by atoms with E-state index in [0.717, 1.165) is 18.4 Å². The van der Waals surface area contributed by atoms with E-state index < -0.39 is 0 Å². The molecular formula is C9H9N2. The highest BCUT2D eigenvalue weighted by atomic mass is 14.6. The van der Waals surface area contributed by atoms with E-state index in [1.165, 1.54) is 0 Å². The molecule has 0 unspecified atom stereocenters. The van der Waals surface area contributed by atoms with Gasteiger partial charge in [0.25, 0.3) is 0 Å². The van der Waals surface area contributed by atoms with Crippen molar-refractivity contribution in [1.29, 1.82) is 5.26 Å². The van der Waals surface area contributed by atoms with Crippen LogP contribution in [0, 0.1) is 17.5 Å². The molecule has 0 N–H and O–H groups in total. The monoisotopic (exact) mass is 145 g/mol. The maximum absolute atomic E-state index is 8.27. The number of rotatable bonds is 3. The van der Waals surface area contributed by atoms with Gasteiger partial charge >= 0.3 is 0 Å². The van der Waals surface area contributed by atoms with Crippen LogP contribution in [0.15, 0.2) is 18.3 Å². The lowest BCUT2D eigenvalue weighted by molar-refractivity contribution is 0.844. The van der Waals surface area contributed by atoms with Crippen LogP contribution in [-0.2, 0) is 6.42 Å². The van der Waals surface area contributed by atoms with Crippen LogP contribution in [0.4, 0.5) is 0 Å². The highest BCUT2D eigenvalue weighted by Crippen LogP contribution is 2.00. The van der Waals surface area contributed by atoms with E-state index in [0.29, 0.717) is 6.42 Å². The maximum Gasteiger partial charge on any atom is 0.0920 e. The summed E-state index contributed by atoms with van der Waals surface area (Å²) >= 11 is 0. The average Bonchev–Trinajstić information content (AvgIpc) is 2.07. The summed E-state index contributed by atoms with van der Waals surface area (Å²) in [6.07, 6.45) is 6.99. The zero-order chi connectivity index (χ0) is 7.94. The van der Waals surface area contributed by atoms with Gasteiger partial charge in [-0.1, -0.05) is 6.07 Å². The molecule has 0 spiro atoms. The summed E-state index contributed by atoms with van der Waals surface area (Å²) in [6.45, 7) is 0. The number of hydrogen-bond donors (Lipinski definition) is 0. The standard InChI is InChI=1S/C9H9N2/c10-6-2-1-4-9-5-3-7-11-8-9/h3,5,7H,1-2,4H2. The molecule has 0 aliphatic carbocycles. The number of pyridine rings is 1. The fraction of sp³-hybridized carbons (Fsp3) is 0.333. The first-order chi connectivity index (χ1) is 5.43. The summed E-state index contributed by atoms with van der Waals surface area (Å²) in [7, 11) is 0. The van der Waals surface area contributed by atoms with Crippen LogP contribution in [0.25, 0.3) is 0 Å². The zero-order valence-corrected chi connectivity index (χ0v) is 6.25. The van der Waals surface area contributed by atoms with Gasteiger partial charge in [0, 0.05) is 12.6 Å². The molecule has 11 heavy (non-hydrogen) atoms. The van der Waals surface area contributed by atoms with Crippen LogP contribution in [0.1, 0.15) is 18.4 Å². The van der Waals surface area contributed by atoms with Crippen molar-refractivity contribution in [2.24, 2.45) is 0 Å². The van der Waals surface area contributed by atoms with Gasteiger partial charge in [0.15, 0.2) is 0 Å². The quantitative estimate of drug-likeness (QED) is 0.607. The molecule has 1 radical (unpaired) electrons. The molecule has 0 fully saturated rings. The van der Waals surface area contributed by atoms with Crippen molar-refractivity contribution in [1.82, 2.24) is 4.98 Å². The summed E-state index contributed by atoms with van der Waals surface area (Å²) in [5.41, 5.74) is 1.09. The number of nitrogens with zero attached hydrogens (tertiary/aromatic N) is 2. The van der Waals surface area contributed by atoms with Gasteiger partial charge in [-0.15, -0.1) is 0 Å². The van der Waals surface area contributed by atoms with Crippen molar-refractivity contribution >= 4 is 0 Å². The van der Waals surface area contributed by atoms with Gasteiger partial charge in [-0.25, -0.2) is 0 Å². The number of hydrogen-bond acceptors (Lipinski definition) is 2. The third-order valence-electron chi connectivity index (χ3n) is 1.40. The van der Waals surface area contributed by atoms with Crippen molar-refractivity contribution in [3.05, 3.63) is 30.1 Å². The first kappa shape index (κ1) is 7.74. The van der Waals surface area contributed by atoms with Crippen molar-refractivity contribution in [2.75, 3.05) is 0 Å². The van der Waals surface area contributed by atoms with E-state index in [9.17, 15) is 0 Å². The Balaban J connectivity index is 2.35. The minimum absolute atomic E-state index is 0.614. The van der Waals surface area contributed by atoms with E-state index in [1.807, 2.05) is 12.1 Å². The number of aromatic nitrogens is 1. The lowest BCUT2D eigenvalue weighted by atomic mass is 10.1. The third kappa shape index (κ3) is 2.81. The van der Waals surface area contributed by atoms with Gasteiger partial charge in [-0.2, -0.15) is 5.26 Å². The molecule has 0 aliphatic rings. The van der Waals surface area contributed by atoms with E-state index in [1.54, 1.807) is 6.20 Å². The Morgan fingerprint density at radius 2 is 2.55 bits per heavy atom. The SMILES string of the molecule is N#CCCCc1[c]nccc1. The molecule has 1 heterocycles. The molecule has 55 valence electrons. The second kappa shape index (κ2) is 4.45. The molecule has 0 saturated carbocycles. The van der Waals surface area contributed by atoms with Crippen LogP contribution in [0.3, 0.4) is 0 Å². The van der Waals surface area contributed by atoms with Gasteiger partial charge in [0.05, 0.1) is 12.3 Å². The summed E-state index contributed by atoms with van der Waals surface area (Å²) in [4.78, 5) is 3.86. The predicted octanol–water partition coefficient (Wildman–Crippen LogP) is 1.73. The van der Waals surface area contributed by atoms with Crippen molar-refractivity contribution in [3.8, 4) is 6.07 Å². The molecule has 1 aromatic rings. The Labute approximate surface area is 66.5 Å². The Hall–Kier alpha value is -1.36. The third-order valence-corrected chi connectivity index (χ3v) is 1.40. The average molecular weight is 145 g/mol. The van der Waals surface area contributed by atoms with E-state index >= 15 is 0 Å². The Kier molecular flexibility index (Phi) is 3.14. The van der Waals surface area contributed by atoms with Crippen molar-refractivity contribution < 1.29 is 0 Å². The molecule has 0 saturated heterocycles. The molecule has 0 atom stereocenters. The fourth-order valence-electron chi connectivity index (χ4n) is 0.857.